The number of esters is 1. The minimum atomic E-state index is -0.140. The number of thioether (sulfide) groups is 2. The molecule has 5 heteroatoms. The Balaban J connectivity index is 2.23. The van der Waals surface area contributed by atoms with E-state index in [1.807, 2.05) is 23.5 Å². The van der Waals surface area contributed by atoms with Crippen LogP contribution >= 0.6 is 23.5 Å². The number of carbonyl (C=O) groups excluding carboxylic acids is 1. The first-order valence-electron chi connectivity index (χ1n) is 4.22. The van der Waals surface area contributed by atoms with E-state index in [2.05, 4.69) is 16.3 Å². The lowest BCUT2D eigenvalue weighted by Crippen LogP contribution is -2.37. The van der Waals surface area contributed by atoms with E-state index >= 15 is 0 Å². The first-order valence-corrected chi connectivity index (χ1v) is 6.66. The molecule has 1 fully saturated rings. The number of carbonyl (C=O) groups is 1. The van der Waals surface area contributed by atoms with Gasteiger partial charge in [0.05, 0.1) is 12.5 Å². The van der Waals surface area contributed by atoms with Crippen molar-refractivity contribution in [2.45, 2.75) is 17.8 Å². The summed E-state index contributed by atoms with van der Waals surface area (Å²) < 4.78 is 4.67. The van der Waals surface area contributed by atoms with E-state index < -0.39 is 0 Å². The summed E-state index contributed by atoms with van der Waals surface area (Å²) in [5, 5.41) is 3.68. The van der Waals surface area contributed by atoms with E-state index in [1.165, 1.54) is 7.11 Å². The number of nitrogens with one attached hydrogen (secondary N) is 1. The Morgan fingerprint density at radius 3 is 3.15 bits per heavy atom. The van der Waals surface area contributed by atoms with Crippen LogP contribution in [0.1, 0.15) is 6.42 Å². The molecule has 0 saturated carbocycles. The van der Waals surface area contributed by atoms with Gasteiger partial charge in [-0.3, -0.25) is 10.1 Å². The molecule has 1 heterocycles. The summed E-state index contributed by atoms with van der Waals surface area (Å²) in [4.78, 5) is 11.1. The Bertz CT molecular complexity index is 178. The molecule has 1 aliphatic heterocycles. The van der Waals surface area contributed by atoms with E-state index in [1.54, 1.807) is 0 Å². The van der Waals surface area contributed by atoms with Gasteiger partial charge in [0.2, 0.25) is 0 Å². The van der Waals surface area contributed by atoms with Gasteiger partial charge in [-0.15, -0.1) is 11.8 Å². The van der Waals surface area contributed by atoms with Crippen molar-refractivity contribution in [3.05, 3.63) is 0 Å². The Hall–Kier alpha value is 0.130. The van der Waals surface area contributed by atoms with E-state index in [-0.39, 0.29) is 12.0 Å². The minimum Gasteiger partial charge on any atom is -0.468 e. The lowest BCUT2D eigenvalue weighted by Gasteiger charge is -2.10. The predicted octanol–water partition coefficient (Wildman–Crippen LogP) is 0.944. The van der Waals surface area contributed by atoms with Crippen molar-refractivity contribution in [2.24, 2.45) is 0 Å². The first-order chi connectivity index (χ1) is 6.27. The van der Waals surface area contributed by atoms with Gasteiger partial charge in [-0.2, -0.15) is 11.8 Å². The number of rotatable bonds is 4. The summed E-state index contributed by atoms with van der Waals surface area (Å²) in [6.07, 6.45) is 3.21. The van der Waals surface area contributed by atoms with Gasteiger partial charge in [0.15, 0.2) is 0 Å². The molecule has 76 valence electrons. The van der Waals surface area contributed by atoms with Gasteiger partial charge >= 0.3 is 5.97 Å². The van der Waals surface area contributed by atoms with Gasteiger partial charge in [0.1, 0.15) is 6.04 Å². The van der Waals surface area contributed by atoms with E-state index in [4.69, 9.17) is 0 Å². The molecule has 0 aromatic heterocycles. The SMILES string of the molecule is COC(=O)C1CSC(CCSC)N1. The highest BCUT2D eigenvalue weighted by atomic mass is 32.2. The highest BCUT2D eigenvalue weighted by molar-refractivity contribution is 8.00. The van der Waals surface area contributed by atoms with Crippen LogP contribution in [0.15, 0.2) is 0 Å². The van der Waals surface area contributed by atoms with Crippen LogP contribution in [-0.2, 0) is 9.53 Å². The second-order valence-corrected chi connectivity index (χ2v) is 5.07. The molecule has 0 aliphatic carbocycles. The molecule has 1 rings (SSSR count). The number of hydrogen-bond acceptors (Lipinski definition) is 5. The summed E-state index contributed by atoms with van der Waals surface area (Å²) >= 11 is 3.64. The second kappa shape index (κ2) is 5.78. The van der Waals surface area contributed by atoms with Crippen molar-refractivity contribution in [3.8, 4) is 0 Å². The highest BCUT2D eigenvalue weighted by Gasteiger charge is 2.29. The van der Waals surface area contributed by atoms with Crippen molar-refractivity contribution in [1.29, 1.82) is 0 Å². The van der Waals surface area contributed by atoms with Gasteiger partial charge in [-0.25, -0.2) is 0 Å². The first kappa shape index (κ1) is 11.2. The van der Waals surface area contributed by atoms with Gasteiger partial charge in [-0.05, 0) is 18.4 Å². The smallest absolute Gasteiger partial charge is 0.323 e. The molecule has 0 bridgehead atoms. The fourth-order valence-corrected chi connectivity index (χ4v) is 3.03. The van der Waals surface area contributed by atoms with Crippen molar-refractivity contribution in [1.82, 2.24) is 5.32 Å². The van der Waals surface area contributed by atoms with E-state index in [0.29, 0.717) is 5.37 Å². The van der Waals surface area contributed by atoms with Crippen LogP contribution in [0.25, 0.3) is 0 Å². The number of methoxy groups -OCH3 is 1. The zero-order valence-corrected chi connectivity index (χ0v) is 9.54. The summed E-state index contributed by atoms with van der Waals surface area (Å²) in [7, 11) is 1.43. The molecule has 3 nitrogen and oxygen atoms in total. The lowest BCUT2D eigenvalue weighted by atomic mass is 10.3. The Labute approximate surface area is 87.4 Å². The maximum absolute atomic E-state index is 11.1. The zero-order valence-electron chi connectivity index (χ0n) is 7.91. The number of hydrogen-bond donors (Lipinski definition) is 1. The Morgan fingerprint density at radius 1 is 1.77 bits per heavy atom. The molecule has 2 unspecified atom stereocenters. The standard InChI is InChI=1S/C8H15NO2S2/c1-11-8(10)6-5-13-7(9-6)3-4-12-2/h6-7,9H,3-5H2,1-2H3. The van der Waals surface area contributed by atoms with Crippen molar-refractivity contribution < 1.29 is 9.53 Å². The van der Waals surface area contributed by atoms with Gasteiger partial charge in [0, 0.05) is 5.75 Å². The zero-order chi connectivity index (χ0) is 9.68. The fourth-order valence-electron chi connectivity index (χ4n) is 1.20. The molecule has 2 atom stereocenters. The quantitative estimate of drug-likeness (QED) is 0.715. The van der Waals surface area contributed by atoms with E-state index in [9.17, 15) is 4.79 Å². The summed E-state index contributed by atoms with van der Waals surface area (Å²) in [6.45, 7) is 0. The van der Waals surface area contributed by atoms with Crippen molar-refractivity contribution in [3.63, 3.8) is 0 Å². The minimum absolute atomic E-state index is 0.0955. The van der Waals surface area contributed by atoms with E-state index in [0.717, 1.165) is 17.9 Å². The van der Waals surface area contributed by atoms with Crippen LogP contribution in [0.2, 0.25) is 0 Å². The normalized spacial score (nSPS) is 27.5. The third kappa shape index (κ3) is 3.40. The third-order valence-electron chi connectivity index (χ3n) is 1.92. The lowest BCUT2D eigenvalue weighted by molar-refractivity contribution is -0.142. The van der Waals surface area contributed by atoms with Crippen LogP contribution in [0, 0.1) is 0 Å². The van der Waals surface area contributed by atoms with Crippen LogP contribution in [0.4, 0.5) is 0 Å². The molecule has 1 N–H and O–H groups in total. The summed E-state index contributed by atoms with van der Waals surface area (Å²) in [5.41, 5.74) is 0. The van der Waals surface area contributed by atoms with Crippen LogP contribution < -0.4 is 5.32 Å². The highest BCUT2D eigenvalue weighted by Crippen LogP contribution is 2.22. The van der Waals surface area contributed by atoms with Gasteiger partial charge in [0.25, 0.3) is 0 Å². The molecular weight excluding hydrogens is 206 g/mol. The molecule has 0 radical (unpaired) electrons. The van der Waals surface area contributed by atoms with Crippen LogP contribution in [0.3, 0.4) is 0 Å². The average molecular weight is 221 g/mol. The van der Waals surface area contributed by atoms with Gasteiger partial charge in [-0.1, -0.05) is 0 Å². The molecule has 1 aliphatic rings. The average Bonchev–Trinajstić information content (AvgIpc) is 2.62. The Kier molecular flexibility index (Phi) is 4.98. The largest absolute Gasteiger partial charge is 0.468 e. The summed E-state index contributed by atoms with van der Waals surface area (Å²) in [6, 6.07) is -0.0955. The van der Waals surface area contributed by atoms with Crippen molar-refractivity contribution >= 4 is 29.5 Å². The third-order valence-corrected chi connectivity index (χ3v) is 3.86. The molecule has 0 aromatic carbocycles. The Morgan fingerprint density at radius 2 is 2.54 bits per heavy atom. The van der Waals surface area contributed by atoms with Crippen LogP contribution in [0.5, 0.6) is 0 Å². The predicted molar refractivity (Wildman–Crippen MR) is 58.2 cm³/mol. The summed E-state index contributed by atoms with van der Waals surface area (Å²) in [5.74, 6) is 1.84. The molecule has 0 spiro atoms. The molecule has 0 aromatic rings. The number of ether oxygens (including phenoxy) is 1. The van der Waals surface area contributed by atoms with Crippen molar-refractivity contribution in [2.75, 3.05) is 24.9 Å². The second-order valence-electron chi connectivity index (χ2n) is 2.85. The molecule has 1 saturated heterocycles. The molecule has 13 heavy (non-hydrogen) atoms. The maximum atomic E-state index is 11.1. The van der Waals surface area contributed by atoms with Gasteiger partial charge < -0.3 is 4.74 Å². The fraction of sp³-hybridized carbons (Fsp3) is 0.875. The monoisotopic (exact) mass is 221 g/mol. The molecule has 0 amide bonds. The van der Waals surface area contributed by atoms with Crippen LogP contribution in [-0.4, -0.2) is 42.3 Å². The maximum Gasteiger partial charge on any atom is 0.323 e. The molecular formula is C8H15NO2S2. The topological polar surface area (TPSA) is 38.3 Å².